The number of carboxylic acids is 1. The van der Waals surface area contributed by atoms with E-state index < -0.39 is 5.97 Å². The van der Waals surface area contributed by atoms with Crippen LogP contribution in [0.15, 0.2) is 12.1 Å². The van der Waals surface area contributed by atoms with Gasteiger partial charge in [-0.3, -0.25) is 4.79 Å². The minimum absolute atomic E-state index is 0.0131. The second-order valence-corrected chi connectivity index (χ2v) is 3.13. The van der Waals surface area contributed by atoms with E-state index in [1.165, 1.54) is 12.1 Å². The largest absolute Gasteiger partial charge is 0.484 e. The first-order chi connectivity index (χ1) is 6.61. The number of ketones is 1. The van der Waals surface area contributed by atoms with Gasteiger partial charge in [-0.2, -0.15) is 0 Å². The molecular formula is C10H8O4. The zero-order chi connectivity index (χ0) is 10.3. The number of benzene rings is 1. The Balaban J connectivity index is 2.64. The number of fused-ring (bicyclic) bond motifs is 1. The zero-order valence-electron chi connectivity index (χ0n) is 7.53. The first-order valence-electron chi connectivity index (χ1n) is 4.14. The fourth-order valence-electron chi connectivity index (χ4n) is 1.54. The molecule has 0 amide bonds. The summed E-state index contributed by atoms with van der Waals surface area (Å²) >= 11 is 0. The van der Waals surface area contributed by atoms with Gasteiger partial charge in [-0.15, -0.1) is 0 Å². The summed E-state index contributed by atoms with van der Waals surface area (Å²) < 4.78 is 5.12. The molecule has 0 aromatic heterocycles. The van der Waals surface area contributed by atoms with Crippen LogP contribution >= 0.6 is 0 Å². The molecule has 4 heteroatoms. The molecule has 1 heterocycles. The molecule has 0 aliphatic carbocycles. The van der Waals surface area contributed by atoms with Crippen molar-refractivity contribution in [3.8, 4) is 5.75 Å². The maximum absolute atomic E-state index is 11.2. The zero-order valence-corrected chi connectivity index (χ0v) is 7.53. The number of hydrogen-bond acceptors (Lipinski definition) is 3. The van der Waals surface area contributed by atoms with Crippen LogP contribution in [0.3, 0.4) is 0 Å². The van der Waals surface area contributed by atoms with Crippen LogP contribution < -0.4 is 4.74 Å². The highest BCUT2D eigenvalue weighted by Gasteiger charge is 2.25. The molecule has 14 heavy (non-hydrogen) atoms. The van der Waals surface area contributed by atoms with Gasteiger partial charge >= 0.3 is 5.97 Å². The molecule has 1 aromatic carbocycles. The highest BCUT2D eigenvalue weighted by molar-refractivity contribution is 6.04. The molecule has 1 aliphatic heterocycles. The summed E-state index contributed by atoms with van der Waals surface area (Å²) in [5.74, 6) is -0.691. The van der Waals surface area contributed by atoms with Gasteiger partial charge in [-0.25, -0.2) is 4.79 Å². The van der Waals surface area contributed by atoms with Crippen molar-refractivity contribution in [1.29, 1.82) is 0 Å². The molecule has 2 rings (SSSR count). The molecule has 1 N–H and O–H groups in total. The Morgan fingerprint density at radius 1 is 1.50 bits per heavy atom. The number of ether oxygens (including phenoxy) is 1. The second kappa shape index (κ2) is 2.83. The molecule has 0 radical (unpaired) electrons. The number of carbonyl (C=O) groups is 2. The quantitative estimate of drug-likeness (QED) is 0.727. The lowest BCUT2D eigenvalue weighted by Gasteiger charge is -2.05. The third-order valence-corrected chi connectivity index (χ3v) is 2.28. The number of Topliss-reactive ketones (excluding diaryl/α,β-unsaturated/α-hetero) is 1. The van der Waals surface area contributed by atoms with Gasteiger partial charge in [-0.05, 0) is 19.1 Å². The van der Waals surface area contributed by atoms with Crippen molar-refractivity contribution < 1.29 is 19.4 Å². The molecule has 4 nitrogen and oxygen atoms in total. The number of carbonyl (C=O) groups excluding carboxylic acids is 1. The minimum Gasteiger partial charge on any atom is -0.484 e. The molecule has 0 spiro atoms. The SMILES string of the molecule is Cc1c(C(=O)O)ccc2c1OCC2=O. The molecule has 0 saturated carbocycles. The van der Waals surface area contributed by atoms with E-state index in [0.717, 1.165) is 0 Å². The van der Waals surface area contributed by atoms with E-state index in [0.29, 0.717) is 16.9 Å². The van der Waals surface area contributed by atoms with Crippen LogP contribution in [0.1, 0.15) is 26.3 Å². The number of aromatic carboxylic acids is 1. The minimum atomic E-state index is -1.01. The summed E-state index contributed by atoms with van der Waals surface area (Å²) in [6.45, 7) is 1.65. The lowest BCUT2D eigenvalue weighted by Crippen LogP contribution is -2.01. The lowest BCUT2D eigenvalue weighted by molar-refractivity contribution is 0.0695. The van der Waals surface area contributed by atoms with E-state index in [4.69, 9.17) is 9.84 Å². The molecular weight excluding hydrogens is 184 g/mol. The molecule has 1 aliphatic rings. The first-order valence-corrected chi connectivity index (χ1v) is 4.14. The molecule has 0 atom stereocenters. The summed E-state index contributed by atoms with van der Waals surface area (Å²) in [5.41, 5.74) is 1.17. The topological polar surface area (TPSA) is 63.6 Å². The van der Waals surface area contributed by atoms with Gasteiger partial charge < -0.3 is 9.84 Å². The Bertz CT molecular complexity index is 434. The summed E-state index contributed by atoms with van der Waals surface area (Å²) in [6, 6.07) is 2.93. The monoisotopic (exact) mass is 192 g/mol. The summed E-state index contributed by atoms with van der Waals surface area (Å²) in [7, 11) is 0. The lowest BCUT2D eigenvalue weighted by atomic mass is 10.0. The van der Waals surface area contributed by atoms with E-state index in [9.17, 15) is 9.59 Å². The van der Waals surface area contributed by atoms with Gasteiger partial charge in [0.05, 0.1) is 11.1 Å². The van der Waals surface area contributed by atoms with Gasteiger partial charge in [0, 0.05) is 5.56 Å². The van der Waals surface area contributed by atoms with E-state index in [1.54, 1.807) is 6.92 Å². The highest BCUT2D eigenvalue weighted by Crippen LogP contribution is 2.31. The van der Waals surface area contributed by atoms with E-state index >= 15 is 0 Å². The van der Waals surface area contributed by atoms with Crippen LogP contribution in [0.25, 0.3) is 0 Å². The van der Waals surface area contributed by atoms with Crippen LogP contribution in [0.4, 0.5) is 0 Å². The predicted octanol–water partition coefficient (Wildman–Crippen LogP) is 1.27. The maximum Gasteiger partial charge on any atom is 0.336 e. The Hall–Kier alpha value is -1.84. The fraction of sp³-hybridized carbons (Fsp3) is 0.200. The maximum atomic E-state index is 11.2. The van der Waals surface area contributed by atoms with Gasteiger partial charge in [0.1, 0.15) is 5.75 Å². The van der Waals surface area contributed by atoms with Crippen molar-refractivity contribution in [3.05, 3.63) is 28.8 Å². The van der Waals surface area contributed by atoms with Gasteiger partial charge in [-0.1, -0.05) is 0 Å². The number of rotatable bonds is 1. The Morgan fingerprint density at radius 3 is 2.86 bits per heavy atom. The Kier molecular flexibility index (Phi) is 1.77. The van der Waals surface area contributed by atoms with Crippen LogP contribution in [0.5, 0.6) is 5.75 Å². The molecule has 0 bridgehead atoms. The summed E-state index contributed by atoms with van der Waals surface area (Å²) in [5, 5.41) is 8.82. The number of carboxylic acid groups (broad SMARTS) is 1. The fourth-order valence-corrected chi connectivity index (χ4v) is 1.54. The van der Waals surface area contributed by atoms with Gasteiger partial charge in [0.25, 0.3) is 0 Å². The van der Waals surface area contributed by atoms with E-state index in [2.05, 4.69) is 0 Å². The van der Waals surface area contributed by atoms with Crippen LogP contribution in [-0.2, 0) is 0 Å². The standard InChI is InChI=1S/C10H8O4/c1-5-6(10(12)13)2-3-7-8(11)4-14-9(5)7/h2-3H,4H2,1H3,(H,12,13). The highest BCUT2D eigenvalue weighted by atomic mass is 16.5. The van der Waals surface area contributed by atoms with Crippen molar-refractivity contribution in [2.75, 3.05) is 6.61 Å². The van der Waals surface area contributed by atoms with Crippen molar-refractivity contribution >= 4 is 11.8 Å². The average molecular weight is 192 g/mol. The molecule has 0 saturated heterocycles. The van der Waals surface area contributed by atoms with Crippen LogP contribution in [-0.4, -0.2) is 23.5 Å². The summed E-state index contributed by atoms with van der Waals surface area (Å²) in [6.07, 6.45) is 0. The number of hydrogen-bond donors (Lipinski definition) is 1. The van der Waals surface area contributed by atoms with Crippen molar-refractivity contribution in [2.24, 2.45) is 0 Å². The van der Waals surface area contributed by atoms with Crippen molar-refractivity contribution in [2.45, 2.75) is 6.92 Å². The summed E-state index contributed by atoms with van der Waals surface area (Å²) in [4.78, 5) is 22.0. The average Bonchev–Trinajstić information content (AvgIpc) is 2.49. The van der Waals surface area contributed by atoms with E-state index in [-0.39, 0.29) is 18.0 Å². The van der Waals surface area contributed by atoms with Crippen LogP contribution in [0.2, 0.25) is 0 Å². The predicted molar refractivity (Wildman–Crippen MR) is 48.0 cm³/mol. The third kappa shape index (κ3) is 1.08. The van der Waals surface area contributed by atoms with Crippen molar-refractivity contribution in [1.82, 2.24) is 0 Å². The molecule has 0 unspecified atom stereocenters. The molecule has 1 aromatic rings. The Morgan fingerprint density at radius 2 is 2.21 bits per heavy atom. The van der Waals surface area contributed by atoms with Gasteiger partial charge in [0.2, 0.25) is 5.78 Å². The van der Waals surface area contributed by atoms with Gasteiger partial charge in [0.15, 0.2) is 6.61 Å². The Labute approximate surface area is 80.1 Å². The smallest absolute Gasteiger partial charge is 0.336 e. The van der Waals surface area contributed by atoms with Crippen LogP contribution in [0, 0.1) is 6.92 Å². The second-order valence-electron chi connectivity index (χ2n) is 3.13. The normalized spacial score (nSPS) is 13.6. The molecule has 72 valence electrons. The third-order valence-electron chi connectivity index (χ3n) is 2.28. The first kappa shape index (κ1) is 8.74. The van der Waals surface area contributed by atoms with E-state index in [1.807, 2.05) is 0 Å². The molecule has 0 fully saturated rings. The van der Waals surface area contributed by atoms with Crippen molar-refractivity contribution in [3.63, 3.8) is 0 Å².